The third-order valence-electron chi connectivity index (χ3n) is 2.20. The van der Waals surface area contributed by atoms with E-state index >= 15 is 0 Å². The Labute approximate surface area is 112 Å². The molecule has 3 N–H and O–H groups in total. The van der Waals surface area contributed by atoms with E-state index in [-0.39, 0.29) is 11.4 Å². The lowest BCUT2D eigenvalue weighted by Gasteiger charge is -2.11. The Bertz CT molecular complexity index is 553. The highest BCUT2D eigenvalue weighted by molar-refractivity contribution is 6.00. The van der Waals surface area contributed by atoms with Crippen LogP contribution in [0.25, 0.3) is 0 Å². The van der Waals surface area contributed by atoms with Crippen LogP contribution in [-0.2, 0) is 20.5 Å². The third-order valence-corrected chi connectivity index (χ3v) is 2.20. The standard InChI is InChI=1S/C12H11F3N2O3/c1-20-10(18)6-9(11(16)19)17-8-4-2-3-7(5-8)12(13,14)15/h2-6,17H,1H3,(H2,16,19)/b9-6-. The molecule has 0 aliphatic heterocycles. The van der Waals surface area contributed by atoms with Crippen molar-refractivity contribution in [3.63, 3.8) is 0 Å². The number of nitrogens with two attached hydrogens (primary N) is 1. The molecule has 0 spiro atoms. The predicted molar refractivity (Wildman–Crippen MR) is 64.4 cm³/mol. The zero-order valence-electron chi connectivity index (χ0n) is 10.3. The van der Waals surface area contributed by atoms with Crippen molar-refractivity contribution in [2.45, 2.75) is 6.18 Å². The minimum Gasteiger partial charge on any atom is -0.466 e. The highest BCUT2D eigenvalue weighted by atomic mass is 19.4. The van der Waals surface area contributed by atoms with Crippen LogP contribution < -0.4 is 11.1 Å². The van der Waals surface area contributed by atoms with Crippen molar-refractivity contribution in [2.75, 3.05) is 12.4 Å². The van der Waals surface area contributed by atoms with E-state index < -0.39 is 23.6 Å². The fraction of sp³-hybridized carbons (Fsp3) is 0.167. The van der Waals surface area contributed by atoms with Crippen molar-refractivity contribution in [1.82, 2.24) is 0 Å². The number of carbonyl (C=O) groups is 2. The molecule has 20 heavy (non-hydrogen) atoms. The molecule has 1 aromatic carbocycles. The summed E-state index contributed by atoms with van der Waals surface area (Å²) in [5.74, 6) is -1.87. The minimum atomic E-state index is -4.52. The van der Waals surface area contributed by atoms with Crippen LogP contribution in [0.4, 0.5) is 18.9 Å². The summed E-state index contributed by atoms with van der Waals surface area (Å²) >= 11 is 0. The first-order chi connectivity index (χ1) is 9.24. The summed E-state index contributed by atoms with van der Waals surface area (Å²) in [5, 5.41) is 2.34. The number of hydrogen-bond acceptors (Lipinski definition) is 4. The van der Waals surface area contributed by atoms with E-state index in [4.69, 9.17) is 5.73 Å². The van der Waals surface area contributed by atoms with E-state index in [9.17, 15) is 22.8 Å². The molecule has 0 aliphatic rings. The summed E-state index contributed by atoms with van der Waals surface area (Å²) in [6, 6.07) is 4.11. The average molecular weight is 288 g/mol. The van der Waals surface area contributed by atoms with Gasteiger partial charge in [-0.2, -0.15) is 13.2 Å². The quantitative estimate of drug-likeness (QED) is 0.652. The molecule has 0 bridgehead atoms. The van der Waals surface area contributed by atoms with Gasteiger partial charge in [-0.05, 0) is 18.2 Å². The van der Waals surface area contributed by atoms with E-state index in [1.54, 1.807) is 0 Å². The largest absolute Gasteiger partial charge is 0.466 e. The van der Waals surface area contributed by atoms with Crippen molar-refractivity contribution >= 4 is 17.6 Å². The van der Waals surface area contributed by atoms with Crippen LogP contribution in [0.1, 0.15) is 5.56 Å². The van der Waals surface area contributed by atoms with Gasteiger partial charge >= 0.3 is 12.1 Å². The number of nitrogens with one attached hydrogen (secondary N) is 1. The molecule has 5 nitrogen and oxygen atoms in total. The summed E-state index contributed by atoms with van der Waals surface area (Å²) in [4.78, 5) is 22.1. The molecular weight excluding hydrogens is 277 g/mol. The molecule has 108 valence electrons. The van der Waals surface area contributed by atoms with Gasteiger partial charge in [0.1, 0.15) is 5.70 Å². The lowest BCUT2D eigenvalue weighted by molar-refractivity contribution is -0.137. The van der Waals surface area contributed by atoms with Crippen LogP contribution in [0.5, 0.6) is 0 Å². The molecule has 0 unspecified atom stereocenters. The van der Waals surface area contributed by atoms with Crippen LogP contribution in [0, 0.1) is 0 Å². The lowest BCUT2D eigenvalue weighted by Crippen LogP contribution is -2.21. The molecule has 0 aromatic heterocycles. The SMILES string of the molecule is COC(=O)/C=C(\Nc1cccc(C(F)(F)F)c1)C(N)=O. The third kappa shape index (κ3) is 4.30. The maximum Gasteiger partial charge on any atom is 0.416 e. The molecule has 0 fully saturated rings. The first-order valence-corrected chi connectivity index (χ1v) is 5.27. The van der Waals surface area contributed by atoms with Crippen LogP contribution in [0.2, 0.25) is 0 Å². The molecule has 0 saturated heterocycles. The molecule has 0 radical (unpaired) electrons. The number of rotatable bonds is 4. The highest BCUT2D eigenvalue weighted by Gasteiger charge is 2.30. The second-order valence-corrected chi connectivity index (χ2v) is 3.65. The molecule has 0 aliphatic carbocycles. The predicted octanol–water partition coefficient (Wildman–Crippen LogP) is 1.66. The Hall–Kier alpha value is -2.51. The minimum absolute atomic E-state index is 0.0335. The topological polar surface area (TPSA) is 81.4 Å². The van der Waals surface area contributed by atoms with Crippen molar-refractivity contribution in [2.24, 2.45) is 5.73 Å². The van der Waals surface area contributed by atoms with E-state index in [1.807, 2.05) is 0 Å². The van der Waals surface area contributed by atoms with E-state index in [2.05, 4.69) is 10.1 Å². The van der Waals surface area contributed by atoms with Gasteiger partial charge < -0.3 is 15.8 Å². The number of anilines is 1. The lowest BCUT2D eigenvalue weighted by atomic mass is 10.2. The van der Waals surface area contributed by atoms with Crippen molar-refractivity contribution < 1.29 is 27.5 Å². The zero-order valence-corrected chi connectivity index (χ0v) is 10.3. The van der Waals surface area contributed by atoms with Crippen molar-refractivity contribution in [1.29, 1.82) is 0 Å². The summed E-state index contributed by atoms with van der Waals surface area (Å²) in [7, 11) is 1.09. The Balaban J connectivity index is 3.04. The van der Waals surface area contributed by atoms with Crippen molar-refractivity contribution in [3.05, 3.63) is 41.6 Å². The Morgan fingerprint density at radius 3 is 2.50 bits per heavy atom. The number of hydrogen-bond donors (Lipinski definition) is 2. The number of ether oxygens (including phenoxy) is 1. The summed E-state index contributed by atoms with van der Waals surface area (Å²) < 4.78 is 41.9. The molecule has 1 aromatic rings. The van der Waals surface area contributed by atoms with Gasteiger partial charge in [-0.3, -0.25) is 4.79 Å². The number of halogens is 3. The number of esters is 1. The highest BCUT2D eigenvalue weighted by Crippen LogP contribution is 2.30. The second kappa shape index (κ2) is 6.09. The van der Waals surface area contributed by atoms with Gasteiger partial charge in [0, 0.05) is 5.69 Å². The van der Waals surface area contributed by atoms with Crippen LogP contribution in [0.3, 0.4) is 0 Å². The van der Waals surface area contributed by atoms with Crippen molar-refractivity contribution in [3.8, 4) is 0 Å². The maximum atomic E-state index is 12.5. The molecule has 8 heteroatoms. The number of amides is 1. The number of benzene rings is 1. The summed E-state index contributed by atoms with van der Waals surface area (Å²) in [6.07, 6.45) is -3.76. The molecule has 0 heterocycles. The molecule has 0 saturated carbocycles. The first kappa shape index (κ1) is 15.5. The van der Waals surface area contributed by atoms with Gasteiger partial charge in [0.25, 0.3) is 5.91 Å². The van der Waals surface area contributed by atoms with Gasteiger partial charge in [0.2, 0.25) is 0 Å². The number of primary amides is 1. The molecule has 1 rings (SSSR count). The smallest absolute Gasteiger partial charge is 0.416 e. The summed E-state index contributed by atoms with van der Waals surface area (Å²) in [6.45, 7) is 0. The Morgan fingerprint density at radius 1 is 1.35 bits per heavy atom. The van der Waals surface area contributed by atoms with Gasteiger partial charge in [-0.25, -0.2) is 4.79 Å². The van der Waals surface area contributed by atoms with E-state index in [0.29, 0.717) is 0 Å². The summed E-state index contributed by atoms with van der Waals surface area (Å²) in [5.41, 5.74) is 3.70. The van der Waals surface area contributed by atoms with Gasteiger partial charge in [-0.15, -0.1) is 0 Å². The van der Waals surface area contributed by atoms with Gasteiger partial charge in [0.05, 0.1) is 18.7 Å². The Morgan fingerprint density at radius 2 is 2.00 bits per heavy atom. The zero-order chi connectivity index (χ0) is 15.3. The normalized spacial score (nSPS) is 11.9. The average Bonchev–Trinajstić information content (AvgIpc) is 2.37. The maximum absolute atomic E-state index is 12.5. The van der Waals surface area contributed by atoms with Crippen LogP contribution >= 0.6 is 0 Å². The van der Waals surface area contributed by atoms with Gasteiger partial charge in [0.15, 0.2) is 0 Å². The monoisotopic (exact) mass is 288 g/mol. The Kier molecular flexibility index (Phi) is 4.73. The van der Waals surface area contributed by atoms with Crippen LogP contribution in [0.15, 0.2) is 36.0 Å². The van der Waals surface area contributed by atoms with E-state index in [0.717, 1.165) is 31.4 Å². The number of methoxy groups -OCH3 is 1. The number of alkyl halides is 3. The second-order valence-electron chi connectivity index (χ2n) is 3.65. The first-order valence-electron chi connectivity index (χ1n) is 5.27. The van der Waals surface area contributed by atoms with Gasteiger partial charge in [-0.1, -0.05) is 6.07 Å². The van der Waals surface area contributed by atoms with Crippen LogP contribution in [-0.4, -0.2) is 19.0 Å². The number of carbonyl (C=O) groups excluding carboxylic acids is 2. The molecular formula is C12H11F3N2O3. The molecule has 1 amide bonds. The fourth-order valence-electron chi connectivity index (χ4n) is 1.27. The van der Waals surface area contributed by atoms with E-state index in [1.165, 1.54) is 6.07 Å². The molecule has 0 atom stereocenters. The fourth-order valence-corrected chi connectivity index (χ4v) is 1.27.